The Balaban J connectivity index is 3.27. The third-order valence-corrected chi connectivity index (χ3v) is 2.82. The van der Waals surface area contributed by atoms with Gasteiger partial charge in [-0.1, -0.05) is 40.9 Å². The van der Waals surface area contributed by atoms with Gasteiger partial charge >= 0.3 is 0 Å². The first kappa shape index (κ1) is 10.1. The first-order valence-corrected chi connectivity index (χ1v) is 4.49. The van der Waals surface area contributed by atoms with E-state index in [9.17, 15) is 5.11 Å². The standard InChI is InChI=1S/C8H7Cl3O/c1-4(12)5-2-3-6(9)8(11)7(5)10/h2-4,12H,1H3/t4-/m1/s1. The summed E-state index contributed by atoms with van der Waals surface area (Å²) in [7, 11) is 0. The smallest absolute Gasteiger partial charge is 0.0782 e. The van der Waals surface area contributed by atoms with Crippen molar-refractivity contribution < 1.29 is 5.11 Å². The summed E-state index contributed by atoms with van der Waals surface area (Å²) in [5.74, 6) is 0. The Kier molecular flexibility index (Phi) is 3.24. The quantitative estimate of drug-likeness (QED) is 0.723. The molecule has 4 heteroatoms. The van der Waals surface area contributed by atoms with Gasteiger partial charge < -0.3 is 5.11 Å². The average Bonchev–Trinajstić information content (AvgIpc) is 2.00. The monoisotopic (exact) mass is 224 g/mol. The predicted octanol–water partition coefficient (Wildman–Crippen LogP) is 3.70. The summed E-state index contributed by atoms with van der Waals surface area (Å²) in [6.45, 7) is 1.62. The largest absolute Gasteiger partial charge is 0.389 e. The van der Waals surface area contributed by atoms with Crippen molar-refractivity contribution in [1.29, 1.82) is 0 Å². The first-order chi connectivity index (χ1) is 5.54. The molecule has 0 fully saturated rings. The van der Waals surface area contributed by atoms with Crippen LogP contribution in [0.15, 0.2) is 12.1 Å². The van der Waals surface area contributed by atoms with Crippen LogP contribution in [0.25, 0.3) is 0 Å². The number of aliphatic hydroxyl groups is 1. The molecule has 1 N–H and O–H groups in total. The van der Waals surface area contributed by atoms with Crippen molar-refractivity contribution in [2.45, 2.75) is 13.0 Å². The van der Waals surface area contributed by atoms with Gasteiger partial charge in [-0.3, -0.25) is 0 Å². The minimum Gasteiger partial charge on any atom is -0.389 e. The van der Waals surface area contributed by atoms with Crippen molar-refractivity contribution in [3.63, 3.8) is 0 Å². The van der Waals surface area contributed by atoms with Crippen LogP contribution in [0.4, 0.5) is 0 Å². The van der Waals surface area contributed by atoms with Crippen molar-refractivity contribution in [1.82, 2.24) is 0 Å². The summed E-state index contributed by atoms with van der Waals surface area (Å²) in [6, 6.07) is 3.26. The lowest BCUT2D eigenvalue weighted by Gasteiger charge is -2.08. The molecule has 0 radical (unpaired) electrons. The highest BCUT2D eigenvalue weighted by Crippen LogP contribution is 2.35. The molecule has 1 rings (SSSR count). The van der Waals surface area contributed by atoms with Crippen LogP contribution in [0.2, 0.25) is 15.1 Å². The SMILES string of the molecule is C[C@@H](O)c1ccc(Cl)c(Cl)c1Cl. The van der Waals surface area contributed by atoms with Crippen LogP contribution in [-0.2, 0) is 0 Å². The number of benzene rings is 1. The number of hydrogen-bond acceptors (Lipinski definition) is 1. The Morgan fingerprint density at radius 1 is 1.17 bits per heavy atom. The minimum absolute atomic E-state index is 0.289. The van der Waals surface area contributed by atoms with E-state index in [1.807, 2.05) is 0 Å². The molecule has 1 aromatic carbocycles. The highest BCUT2D eigenvalue weighted by atomic mass is 35.5. The Morgan fingerprint density at radius 2 is 1.75 bits per heavy atom. The summed E-state index contributed by atoms with van der Waals surface area (Å²) >= 11 is 17.3. The molecule has 0 aromatic heterocycles. The molecule has 0 amide bonds. The highest BCUT2D eigenvalue weighted by Gasteiger charge is 2.11. The number of halogens is 3. The Morgan fingerprint density at radius 3 is 2.25 bits per heavy atom. The third-order valence-electron chi connectivity index (χ3n) is 1.52. The molecule has 1 nitrogen and oxygen atoms in total. The van der Waals surface area contributed by atoms with Gasteiger partial charge in [0.25, 0.3) is 0 Å². The van der Waals surface area contributed by atoms with Crippen LogP contribution in [0.1, 0.15) is 18.6 Å². The van der Waals surface area contributed by atoms with Crippen LogP contribution in [0, 0.1) is 0 Å². The highest BCUT2D eigenvalue weighted by molar-refractivity contribution is 6.48. The molecule has 0 unspecified atom stereocenters. The van der Waals surface area contributed by atoms with Gasteiger partial charge in [-0.25, -0.2) is 0 Å². The van der Waals surface area contributed by atoms with Crippen LogP contribution < -0.4 is 0 Å². The van der Waals surface area contributed by atoms with Gasteiger partial charge in [-0.2, -0.15) is 0 Å². The van der Waals surface area contributed by atoms with Crippen LogP contribution in [0.3, 0.4) is 0 Å². The lowest BCUT2D eigenvalue weighted by molar-refractivity contribution is 0.199. The van der Waals surface area contributed by atoms with E-state index in [4.69, 9.17) is 34.8 Å². The molecular formula is C8H7Cl3O. The summed E-state index contributed by atoms with van der Waals surface area (Å²) < 4.78 is 0. The van der Waals surface area contributed by atoms with E-state index >= 15 is 0 Å². The van der Waals surface area contributed by atoms with Crippen molar-refractivity contribution >= 4 is 34.8 Å². The van der Waals surface area contributed by atoms with Crippen molar-refractivity contribution in [2.75, 3.05) is 0 Å². The van der Waals surface area contributed by atoms with E-state index in [0.717, 1.165) is 0 Å². The molecule has 0 heterocycles. The molecule has 0 spiro atoms. The molecule has 12 heavy (non-hydrogen) atoms. The summed E-state index contributed by atoms with van der Waals surface area (Å²) in [5.41, 5.74) is 0.589. The van der Waals surface area contributed by atoms with Gasteiger partial charge in [-0.15, -0.1) is 0 Å². The van der Waals surface area contributed by atoms with Crippen molar-refractivity contribution in [3.05, 3.63) is 32.8 Å². The molecule has 0 bridgehead atoms. The zero-order valence-electron chi connectivity index (χ0n) is 6.31. The fourth-order valence-corrected chi connectivity index (χ4v) is 1.56. The Labute approximate surface area is 85.9 Å². The number of rotatable bonds is 1. The first-order valence-electron chi connectivity index (χ1n) is 3.35. The van der Waals surface area contributed by atoms with Gasteiger partial charge in [0, 0.05) is 5.56 Å². The zero-order chi connectivity index (χ0) is 9.30. The van der Waals surface area contributed by atoms with Gasteiger partial charge in [0.05, 0.1) is 21.2 Å². The van der Waals surface area contributed by atoms with E-state index in [2.05, 4.69) is 0 Å². The molecule has 66 valence electrons. The fourth-order valence-electron chi connectivity index (χ4n) is 0.863. The molecule has 0 saturated carbocycles. The lowest BCUT2D eigenvalue weighted by atomic mass is 10.1. The van der Waals surface area contributed by atoms with Crippen LogP contribution >= 0.6 is 34.8 Å². The Hall–Kier alpha value is 0.0500. The topological polar surface area (TPSA) is 20.2 Å². The van der Waals surface area contributed by atoms with Crippen molar-refractivity contribution in [3.8, 4) is 0 Å². The number of hydrogen-bond donors (Lipinski definition) is 1. The predicted molar refractivity (Wildman–Crippen MR) is 52.1 cm³/mol. The zero-order valence-corrected chi connectivity index (χ0v) is 8.58. The molecule has 0 saturated heterocycles. The van der Waals surface area contributed by atoms with E-state index in [1.165, 1.54) is 0 Å². The normalized spacial score (nSPS) is 13.1. The van der Waals surface area contributed by atoms with E-state index in [1.54, 1.807) is 19.1 Å². The second-order valence-electron chi connectivity index (χ2n) is 2.44. The van der Waals surface area contributed by atoms with Gasteiger partial charge in [0.1, 0.15) is 0 Å². The maximum absolute atomic E-state index is 9.23. The summed E-state index contributed by atoms with van der Waals surface area (Å²) in [4.78, 5) is 0. The molecule has 0 aliphatic carbocycles. The van der Waals surface area contributed by atoms with E-state index in [-0.39, 0.29) is 5.02 Å². The van der Waals surface area contributed by atoms with Gasteiger partial charge in [-0.05, 0) is 13.0 Å². The van der Waals surface area contributed by atoms with Crippen LogP contribution in [0.5, 0.6) is 0 Å². The maximum atomic E-state index is 9.23. The second kappa shape index (κ2) is 3.84. The van der Waals surface area contributed by atoms with Crippen molar-refractivity contribution in [2.24, 2.45) is 0 Å². The van der Waals surface area contributed by atoms with Crippen LogP contribution in [-0.4, -0.2) is 5.11 Å². The molecule has 0 aliphatic rings. The maximum Gasteiger partial charge on any atom is 0.0782 e. The van der Waals surface area contributed by atoms with Gasteiger partial charge in [0.2, 0.25) is 0 Å². The molecule has 0 aliphatic heterocycles. The third kappa shape index (κ3) is 1.86. The Bertz CT molecular complexity index is 297. The van der Waals surface area contributed by atoms with Gasteiger partial charge in [0.15, 0.2) is 0 Å². The van der Waals surface area contributed by atoms with E-state index in [0.29, 0.717) is 15.6 Å². The lowest BCUT2D eigenvalue weighted by Crippen LogP contribution is -1.92. The average molecular weight is 226 g/mol. The minimum atomic E-state index is -0.632. The molecule has 1 aromatic rings. The van der Waals surface area contributed by atoms with E-state index < -0.39 is 6.10 Å². The molecular weight excluding hydrogens is 218 g/mol. The summed E-state index contributed by atoms with van der Waals surface area (Å²) in [6.07, 6.45) is -0.632. The summed E-state index contributed by atoms with van der Waals surface area (Å²) in [5, 5.41) is 10.2. The number of aliphatic hydroxyl groups excluding tert-OH is 1. The fraction of sp³-hybridized carbons (Fsp3) is 0.250. The second-order valence-corrected chi connectivity index (χ2v) is 3.60. The molecule has 1 atom stereocenters.